The molecule has 1 aliphatic heterocycles. The maximum absolute atomic E-state index is 4.78. The van der Waals surface area contributed by atoms with E-state index in [1.165, 1.54) is 16.9 Å². The topological polar surface area (TPSA) is 33.1 Å². The highest BCUT2D eigenvalue weighted by molar-refractivity contribution is 5.46. The summed E-state index contributed by atoms with van der Waals surface area (Å²) in [5.74, 6) is 1.09. The van der Waals surface area contributed by atoms with Crippen molar-refractivity contribution >= 4 is 5.82 Å². The Morgan fingerprint density at radius 1 is 1.11 bits per heavy atom. The van der Waals surface area contributed by atoms with Crippen molar-refractivity contribution < 1.29 is 0 Å². The molecule has 19 heavy (non-hydrogen) atoms. The van der Waals surface area contributed by atoms with E-state index in [9.17, 15) is 0 Å². The van der Waals surface area contributed by atoms with E-state index in [1.54, 1.807) is 0 Å². The van der Waals surface area contributed by atoms with Crippen LogP contribution in [0, 0.1) is 13.8 Å². The number of nitrogens with one attached hydrogen (secondary N) is 1. The van der Waals surface area contributed by atoms with Crippen molar-refractivity contribution in [3.05, 3.63) is 41.6 Å². The summed E-state index contributed by atoms with van der Waals surface area (Å²) in [6, 6.07) is 10.6. The smallest absolute Gasteiger partial charge is 0.151 e. The Labute approximate surface area is 114 Å². The molecule has 0 radical (unpaired) electrons. The van der Waals surface area contributed by atoms with Gasteiger partial charge in [-0.15, -0.1) is 0 Å². The molecule has 1 fully saturated rings. The zero-order valence-corrected chi connectivity index (χ0v) is 11.6. The molecule has 2 aromatic rings. The minimum Gasteiger partial charge on any atom is -0.353 e. The molecule has 0 aliphatic carbocycles. The Morgan fingerprint density at radius 2 is 1.84 bits per heavy atom. The monoisotopic (exact) mass is 256 g/mol. The van der Waals surface area contributed by atoms with Crippen LogP contribution in [0.25, 0.3) is 5.69 Å². The van der Waals surface area contributed by atoms with Crippen LogP contribution in [0.4, 0.5) is 5.82 Å². The maximum atomic E-state index is 4.78. The standard InChI is InChI=1S/C15H20N4/c1-12-5-3-4-6-14(12)19-13(2)11-15(17-19)18-9-7-16-8-10-18/h3-6,11,16H,7-10H2,1-2H3. The molecule has 4 heteroatoms. The third kappa shape index (κ3) is 2.36. The highest BCUT2D eigenvalue weighted by Gasteiger charge is 2.15. The molecule has 3 rings (SSSR count). The minimum absolute atomic E-state index is 1.03. The normalized spacial score (nSPS) is 15.8. The molecule has 1 N–H and O–H groups in total. The first kappa shape index (κ1) is 12.2. The summed E-state index contributed by atoms with van der Waals surface area (Å²) < 4.78 is 2.05. The number of benzene rings is 1. The van der Waals surface area contributed by atoms with E-state index in [0.29, 0.717) is 0 Å². The molecule has 0 unspecified atom stereocenters. The number of rotatable bonds is 2. The predicted molar refractivity (Wildman–Crippen MR) is 78.1 cm³/mol. The molecule has 0 amide bonds. The van der Waals surface area contributed by atoms with Crippen LogP contribution in [0.1, 0.15) is 11.3 Å². The van der Waals surface area contributed by atoms with Crippen LogP contribution in [0.2, 0.25) is 0 Å². The van der Waals surface area contributed by atoms with Crippen LogP contribution in [0.15, 0.2) is 30.3 Å². The number of hydrogen-bond acceptors (Lipinski definition) is 3. The molecule has 1 saturated heterocycles. The molecule has 2 heterocycles. The number of piperazine rings is 1. The fourth-order valence-corrected chi connectivity index (χ4v) is 2.55. The largest absolute Gasteiger partial charge is 0.353 e. The van der Waals surface area contributed by atoms with Crippen molar-refractivity contribution in [3.8, 4) is 5.69 Å². The van der Waals surface area contributed by atoms with E-state index < -0.39 is 0 Å². The van der Waals surface area contributed by atoms with Gasteiger partial charge in [0.05, 0.1) is 5.69 Å². The van der Waals surface area contributed by atoms with Gasteiger partial charge >= 0.3 is 0 Å². The Hall–Kier alpha value is -1.81. The van der Waals surface area contributed by atoms with Gasteiger partial charge in [0.1, 0.15) is 0 Å². The summed E-state index contributed by atoms with van der Waals surface area (Å²) >= 11 is 0. The molecule has 100 valence electrons. The van der Waals surface area contributed by atoms with Gasteiger partial charge in [-0.3, -0.25) is 0 Å². The van der Waals surface area contributed by atoms with Gasteiger partial charge in [-0.1, -0.05) is 18.2 Å². The minimum atomic E-state index is 1.03. The summed E-state index contributed by atoms with van der Waals surface area (Å²) in [7, 11) is 0. The number of hydrogen-bond donors (Lipinski definition) is 1. The number of nitrogens with zero attached hydrogens (tertiary/aromatic N) is 3. The first-order valence-electron chi connectivity index (χ1n) is 6.84. The van der Waals surface area contributed by atoms with Crippen molar-refractivity contribution in [2.75, 3.05) is 31.1 Å². The van der Waals surface area contributed by atoms with E-state index in [2.05, 4.69) is 54.4 Å². The van der Waals surface area contributed by atoms with Gasteiger partial charge in [-0.05, 0) is 25.5 Å². The van der Waals surface area contributed by atoms with Crippen LogP contribution in [-0.4, -0.2) is 36.0 Å². The molecule has 1 aromatic heterocycles. The quantitative estimate of drug-likeness (QED) is 0.891. The van der Waals surface area contributed by atoms with Gasteiger partial charge in [0.2, 0.25) is 0 Å². The fourth-order valence-electron chi connectivity index (χ4n) is 2.55. The average molecular weight is 256 g/mol. The summed E-state index contributed by atoms with van der Waals surface area (Å²) in [5, 5.41) is 8.15. The van der Waals surface area contributed by atoms with Crippen molar-refractivity contribution in [2.45, 2.75) is 13.8 Å². The van der Waals surface area contributed by atoms with Gasteiger partial charge in [0.15, 0.2) is 5.82 Å². The van der Waals surface area contributed by atoms with Crippen LogP contribution in [0.5, 0.6) is 0 Å². The lowest BCUT2D eigenvalue weighted by Gasteiger charge is -2.27. The summed E-state index contributed by atoms with van der Waals surface area (Å²) in [6.07, 6.45) is 0. The van der Waals surface area contributed by atoms with Crippen LogP contribution in [-0.2, 0) is 0 Å². The second kappa shape index (κ2) is 5.05. The molecular formula is C15H20N4. The van der Waals surface area contributed by atoms with Crippen molar-refractivity contribution in [1.82, 2.24) is 15.1 Å². The van der Waals surface area contributed by atoms with Gasteiger partial charge < -0.3 is 10.2 Å². The molecule has 0 atom stereocenters. The SMILES string of the molecule is Cc1ccccc1-n1nc(N2CCNCC2)cc1C. The number of para-hydroxylation sites is 1. The Kier molecular flexibility index (Phi) is 3.25. The van der Waals surface area contributed by atoms with Crippen molar-refractivity contribution in [1.29, 1.82) is 0 Å². The first-order valence-corrected chi connectivity index (χ1v) is 6.84. The predicted octanol–water partition coefficient (Wildman–Crippen LogP) is 1.90. The molecule has 0 saturated carbocycles. The third-order valence-corrected chi connectivity index (χ3v) is 3.66. The van der Waals surface area contributed by atoms with E-state index in [4.69, 9.17) is 5.10 Å². The van der Waals surface area contributed by atoms with E-state index in [0.717, 1.165) is 32.0 Å². The van der Waals surface area contributed by atoms with Gasteiger partial charge in [-0.2, -0.15) is 5.10 Å². The molecule has 1 aromatic carbocycles. The highest BCUT2D eigenvalue weighted by atomic mass is 15.4. The van der Waals surface area contributed by atoms with Crippen molar-refractivity contribution in [2.24, 2.45) is 0 Å². The zero-order valence-electron chi connectivity index (χ0n) is 11.6. The Bertz CT molecular complexity index is 567. The van der Waals surface area contributed by atoms with Gasteiger partial charge in [0.25, 0.3) is 0 Å². The second-order valence-electron chi connectivity index (χ2n) is 5.08. The molecule has 4 nitrogen and oxygen atoms in total. The maximum Gasteiger partial charge on any atom is 0.151 e. The first-order chi connectivity index (χ1) is 9.25. The zero-order chi connectivity index (χ0) is 13.2. The Morgan fingerprint density at radius 3 is 2.58 bits per heavy atom. The summed E-state index contributed by atoms with van der Waals surface area (Å²) in [5.41, 5.74) is 3.60. The fraction of sp³-hybridized carbons (Fsp3) is 0.400. The van der Waals surface area contributed by atoms with E-state index >= 15 is 0 Å². The lowest BCUT2D eigenvalue weighted by molar-refractivity contribution is 0.583. The third-order valence-electron chi connectivity index (χ3n) is 3.66. The molecule has 1 aliphatic rings. The Balaban J connectivity index is 1.95. The van der Waals surface area contributed by atoms with E-state index in [1.807, 2.05) is 4.68 Å². The van der Waals surface area contributed by atoms with E-state index in [-0.39, 0.29) is 0 Å². The van der Waals surface area contributed by atoms with Crippen molar-refractivity contribution in [3.63, 3.8) is 0 Å². The average Bonchev–Trinajstić information content (AvgIpc) is 2.82. The second-order valence-corrected chi connectivity index (χ2v) is 5.08. The highest BCUT2D eigenvalue weighted by Crippen LogP contribution is 2.20. The molecule has 0 bridgehead atoms. The lowest BCUT2D eigenvalue weighted by Crippen LogP contribution is -2.43. The van der Waals surface area contributed by atoms with Gasteiger partial charge in [0, 0.05) is 37.9 Å². The lowest BCUT2D eigenvalue weighted by atomic mass is 10.2. The number of anilines is 1. The number of aryl methyl sites for hydroxylation is 2. The van der Waals surface area contributed by atoms with Crippen LogP contribution in [0.3, 0.4) is 0 Å². The number of aromatic nitrogens is 2. The van der Waals surface area contributed by atoms with Gasteiger partial charge in [-0.25, -0.2) is 4.68 Å². The van der Waals surface area contributed by atoms with Crippen LogP contribution >= 0.6 is 0 Å². The molecular weight excluding hydrogens is 236 g/mol. The molecule has 0 spiro atoms. The summed E-state index contributed by atoms with van der Waals surface area (Å²) in [4.78, 5) is 2.35. The summed E-state index contributed by atoms with van der Waals surface area (Å²) in [6.45, 7) is 8.38. The van der Waals surface area contributed by atoms with Crippen LogP contribution < -0.4 is 10.2 Å².